The van der Waals surface area contributed by atoms with Crippen LogP contribution in [0.1, 0.15) is 33.5 Å². The largest absolute Gasteiger partial charge is 0.494 e. The van der Waals surface area contributed by atoms with Gasteiger partial charge in [-0.1, -0.05) is 12.1 Å². The zero-order valence-corrected chi connectivity index (χ0v) is 16.1. The van der Waals surface area contributed by atoms with Crippen molar-refractivity contribution in [2.24, 2.45) is 0 Å². The number of hydrogen-bond acceptors (Lipinski definition) is 5. The lowest BCUT2D eigenvalue weighted by atomic mass is 9.97. The first kappa shape index (κ1) is 20.3. The lowest BCUT2D eigenvalue weighted by Gasteiger charge is -2.15. The molecule has 1 N–H and O–H groups in total. The number of carbonyl (C=O) groups excluding carboxylic acids is 1. The van der Waals surface area contributed by atoms with Gasteiger partial charge in [-0.2, -0.15) is 0 Å². The molecule has 0 aliphatic heterocycles. The van der Waals surface area contributed by atoms with Crippen LogP contribution in [-0.4, -0.2) is 36.2 Å². The number of fused-ring (bicyclic) bond motifs is 1. The highest BCUT2D eigenvalue weighted by Crippen LogP contribution is 2.33. The van der Waals surface area contributed by atoms with Crippen LogP contribution >= 0.6 is 0 Å². The third-order valence-electron chi connectivity index (χ3n) is 4.61. The summed E-state index contributed by atoms with van der Waals surface area (Å²) in [6.07, 6.45) is 2.32. The molecule has 3 rings (SSSR count). The van der Waals surface area contributed by atoms with Crippen LogP contribution in [0.5, 0.6) is 5.75 Å². The van der Waals surface area contributed by atoms with Crippen LogP contribution in [0.4, 0.5) is 4.39 Å². The van der Waals surface area contributed by atoms with Crippen LogP contribution in [0.2, 0.25) is 0 Å². The SMILES string of the molecule is COC(=O)c1cc(CCC(=O)O)c2cc(Cc3ccc(F)cc3)cnc2c1OC. The predicted octanol–water partition coefficient (Wildman–Crippen LogP) is 3.78. The van der Waals surface area contributed by atoms with Gasteiger partial charge in [0, 0.05) is 18.0 Å². The Balaban J connectivity index is 2.12. The summed E-state index contributed by atoms with van der Waals surface area (Å²) in [6, 6.07) is 9.69. The summed E-state index contributed by atoms with van der Waals surface area (Å²) in [5.41, 5.74) is 3.10. The molecule has 6 nitrogen and oxygen atoms in total. The van der Waals surface area contributed by atoms with Crippen molar-refractivity contribution in [3.8, 4) is 5.75 Å². The number of nitrogens with zero attached hydrogens (tertiary/aromatic N) is 1. The summed E-state index contributed by atoms with van der Waals surface area (Å²) >= 11 is 0. The van der Waals surface area contributed by atoms with Gasteiger partial charge in [-0.3, -0.25) is 9.78 Å². The van der Waals surface area contributed by atoms with Crippen molar-refractivity contribution in [3.63, 3.8) is 0 Å². The Morgan fingerprint density at radius 3 is 2.45 bits per heavy atom. The minimum Gasteiger partial charge on any atom is -0.494 e. The smallest absolute Gasteiger partial charge is 0.341 e. The Morgan fingerprint density at radius 2 is 1.83 bits per heavy atom. The van der Waals surface area contributed by atoms with Crippen molar-refractivity contribution in [1.29, 1.82) is 0 Å². The third kappa shape index (κ3) is 4.51. The van der Waals surface area contributed by atoms with E-state index in [1.54, 1.807) is 24.4 Å². The number of carbonyl (C=O) groups is 2. The highest BCUT2D eigenvalue weighted by Gasteiger charge is 2.20. The van der Waals surface area contributed by atoms with Crippen molar-refractivity contribution in [3.05, 3.63) is 70.7 Å². The fourth-order valence-electron chi connectivity index (χ4n) is 3.23. The van der Waals surface area contributed by atoms with Gasteiger partial charge >= 0.3 is 11.9 Å². The van der Waals surface area contributed by atoms with Gasteiger partial charge in [0.05, 0.1) is 14.2 Å². The highest BCUT2D eigenvalue weighted by atomic mass is 19.1. The standard InChI is InChI=1S/C22H20FNO5/c1-28-21-18(22(27)29-2)11-15(5-8-19(25)26)17-10-14(12-24-20(17)21)9-13-3-6-16(23)7-4-13/h3-4,6-7,10-12H,5,8-9H2,1-2H3,(H,25,26). The monoisotopic (exact) mass is 397 g/mol. The fraction of sp³-hybridized carbons (Fsp3) is 0.227. The number of rotatable bonds is 7. The van der Waals surface area contributed by atoms with Crippen molar-refractivity contribution in [2.75, 3.05) is 14.2 Å². The molecule has 1 aromatic heterocycles. The van der Waals surface area contributed by atoms with Crippen molar-refractivity contribution in [1.82, 2.24) is 4.98 Å². The summed E-state index contributed by atoms with van der Waals surface area (Å²) in [5.74, 6) is -1.55. The number of esters is 1. The van der Waals surface area contributed by atoms with E-state index in [1.807, 2.05) is 6.07 Å². The number of benzene rings is 2. The predicted molar refractivity (Wildman–Crippen MR) is 105 cm³/mol. The normalized spacial score (nSPS) is 10.7. The summed E-state index contributed by atoms with van der Waals surface area (Å²) < 4.78 is 23.4. The van der Waals surface area contributed by atoms with Gasteiger partial charge in [0.2, 0.25) is 0 Å². The van der Waals surface area contributed by atoms with Gasteiger partial charge in [-0.15, -0.1) is 0 Å². The van der Waals surface area contributed by atoms with E-state index in [4.69, 9.17) is 14.6 Å². The minimum atomic E-state index is -0.941. The molecule has 29 heavy (non-hydrogen) atoms. The maximum Gasteiger partial charge on any atom is 0.341 e. The summed E-state index contributed by atoms with van der Waals surface area (Å²) in [5, 5.41) is 9.79. The first-order chi connectivity index (χ1) is 13.9. The van der Waals surface area contributed by atoms with Crippen molar-refractivity contribution in [2.45, 2.75) is 19.3 Å². The quantitative estimate of drug-likeness (QED) is 0.611. The molecule has 0 saturated carbocycles. The van der Waals surface area contributed by atoms with Gasteiger partial charge in [-0.25, -0.2) is 9.18 Å². The Morgan fingerprint density at radius 1 is 1.10 bits per heavy atom. The number of methoxy groups -OCH3 is 2. The second kappa shape index (κ2) is 8.68. The van der Waals surface area contributed by atoms with E-state index in [2.05, 4.69) is 4.98 Å². The van der Waals surface area contributed by atoms with Gasteiger partial charge in [-0.05, 0) is 53.8 Å². The van der Waals surface area contributed by atoms with E-state index < -0.39 is 11.9 Å². The van der Waals surface area contributed by atoms with Crippen LogP contribution in [0, 0.1) is 5.82 Å². The molecule has 0 saturated heterocycles. The van der Waals surface area contributed by atoms with E-state index in [0.717, 1.165) is 11.1 Å². The van der Waals surface area contributed by atoms with E-state index in [-0.39, 0.29) is 30.0 Å². The minimum absolute atomic E-state index is 0.0930. The van der Waals surface area contributed by atoms with Crippen molar-refractivity contribution >= 4 is 22.8 Å². The highest BCUT2D eigenvalue weighted by molar-refractivity contribution is 6.01. The molecule has 0 aliphatic carbocycles. The van der Waals surface area contributed by atoms with Crippen LogP contribution in [0.3, 0.4) is 0 Å². The molecule has 0 atom stereocenters. The topological polar surface area (TPSA) is 85.7 Å². The molecule has 7 heteroatoms. The number of halogens is 1. The van der Waals surface area contributed by atoms with E-state index in [1.165, 1.54) is 26.4 Å². The lowest BCUT2D eigenvalue weighted by molar-refractivity contribution is -0.136. The van der Waals surface area contributed by atoms with Gasteiger partial charge in [0.15, 0.2) is 5.75 Å². The summed E-state index contributed by atoms with van der Waals surface area (Å²) in [4.78, 5) is 27.7. The zero-order chi connectivity index (χ0) is 21.0. The first-order valence-corrected chi connectivity index (χ1v) is 8.96. The Bertz CT molecular complexity index is 1060. The van der Waals surface area contributed by atoms with Gasteiger partial charge in [0.1, 0.15) is 16.9 Å². The molecule has 0 unspecified atom stereocenters. The molecule has 3 aromatic rings. The molecule has 0 aliphatic rings. The average molecular weight is 397 g/mol. The van der Waals surface area contributed by atoms with Crippen LogP contribution in [0.15, 0.2) is 42.6 Å². The Labute approximate surface area is 166 Å². The molecule has 0 bridgehead atoms. The maximum absolute atomic E-state index is 13.1. The number of ether oxygens (including phenoxy) is 2. The number of aromatic nitrogens is 1. The number of aliphatic carboxylic acids is 1. The zero-order valence-electron chi connectivity index (χ0n) is 16.1. The Kier molecular flexibility index (Phi) is 6.07. The second-order valence-corrected chi connectivity index (χ2v) is 6.54. The Hall–Kier alpha value is -3.48. The molecule has 1 heterocycles. The fourth-order valence-corrected chi connectivity index (χ4v) is 3.23. The number of hydrogen-bond donors (Lipinski definition) is 1. The molecule has 0 fully saturated rings. The maximum atomic E-state index is 13.1. The number of pyridine rings is 1. The van der Waals surface area contributed by atoms with Crippen LogP contribution in [0.25, 0.3) is 10.9 Å². The molecule has 2 aromatic carbocycles. The van der Waals surface area contributed by atoms with Crippen molar-refractivity contribution < 1.29 is 28.6 Å². The molecule has 0 spiro atoms. The van der Waals surface area contributed by atoms with E-state index >= 15 is 0 Å². The molecule has 150 valence electrons. The number of aryl methyl sites for hydroxylation is 1. The number of carboxylic acids is 1. The van der Waals surface area contributed by atoms with E-state index in [9.17, 15) is 14.0 Å². The average Bonchev–Trinajstić information content (AvgIpc) is 2.72. The molecular weight excluding hydrogens is 377 g/mol. The van der Waals surface area contributed by atoms with Gasteiger partial charge in [0.25, 0.3) is 0 Å². The first-order valence-electron chi connectivity index (χ1n) is 8.96. The summed E-state index contributed by atoms with van der Waals surface area (Å²) in [7, 11) is 2.70. The lowest BCUT2D eigenvalue weighted by Crippen LogP contribution is -2.08. The number of carboxylic acid groups (broad SMARTS) is 1. The third-order valence-corrected chi connectivity index (χ3v) is 4.61. The molecular formula is C22H20FNO5. The van der Waals surface area contributed by atoms with Gasteiger partial charge < -0.3 is 14.6 Å². The second-order valence-electron chi connectivity index (χ2n) is 6.54. The van der Waals surface area contributed by atoms with Crippen LogP contribution < -0.4 is 4.74 Å². The summed E-state index contributed by atoms with van der Waals surface area (Å²) in [6.45, 7) is 0. The van der Waals surface area contributed by atoms with Crippen LogP contribution in [-0.2, 0) is 22.4 Å². The molecule has 0 amide bonds. The molecule has 0 radical (unpaired) electrons. The van der Waals surface area contributed by atoms with E-state index in [0.29, 0.717) is 22.9 Å².